The van der Waals surface area contributed by atoms with E-state index < -0.39 is 6.03 Å². The standard InChI is InChI=1S/C13H13N3O/c14-13(17)16-15-12-8-6-11(7-9-12)10-4-2-1-3-5-10/h1-9,15H,(H3,14,16,17). The summed E-state index contributed by atoms with van der Waals surface area (Å²) in [7, 11) is 0. The van der Waals surface area contributed by atoms with Gasteiger partial charge in [-0.15, -0.1) is 0 Å². The van der Waals surface area contributed by atoms with Gasteiger partial charge in [0.05, 0.1) is 5.69 Å². The lowest BCUT2D eigenvalue weighted by molar-refractivity contribution is 0.250. The topological polar surface area (TPSA) is 67.2 Å². The summed E-state index contributed by atoms with van der Waals surface area (Å²) in [6.45, 7) is 0. The first-order valence-electron chi connectivity index (χ1n) is 5.22. The molecule has 2 aromatic carbocycles. The largest absolute Gasteiger partial charge is 0.350 e. The highest BCUT2D eigenvalue weighted by Gasteiger charge is 1.97. The zero-order valence-electron chi connectivity index (χ0n) is 9.18. The van der Waals surface area contributed by atoms with Crippen LogP contribution in [0.25, 0.3) is 11.1 Å². The minimum atomic E-state index is -0.614. The number of benzene rings is 2. The molecule has 0 aliphatic rings. The molecule has 2 rings (SSSR count). The maximum absolute atomic E-state index is 10.5. The second kappa shape index (κ2) is 5.03. The third kappa shape index (κ3) is 2.98. The van der Waals surface area contributed by atoms with Crippen LogP contribution in [-0.2, 0) is 0 Å². The summed E-state index contributed by atoms with van der Waals surface area (Å²) in [5.41, 5.74) is 13.0. The molecule has 0 aromatic heterocycles. The SMILES string of the molecule is NC(=O)NNc1ccc(-c2ccccc2)cc1. The predicted molar refractivity (Wildman–Crippen MR) is 68.2 cm³/mol. The maximum Gasteiger partial charge on any atom is 0.330 e. The minimum absolute atomic E-state index is 0.614. The average molecular weight is 227 g/mol. The van der Waals surface area contributed by atoms with E-state index in [4.69, 9.17) is 5.73 Å². The zero-order chi connectivity index (χ0) is 12.1. The number of hydrogen-bond donors (Lipinski definition) is 3. The summed E-state index contributed by atoms with van der Waals surface area (Å²) >= 11 is 0. The van der Waals surface area contributed by atoms with Crippen LogP contribution >= 0.6 is 0 Å². The van der Waals surface area contributed by atoms with E-state index in [1.165, 1.54) is 0 Å². The molecule has 0 bridgehead atoms. The van der Waals surface area contributed by atoms with Gasteiger partial charge in [-0.05, 0) is 23.3 Å². The molecular weight excluding hydrogens is 214 g/mol. The van der Waals surface area contributed by atoms with Crippen molar-refractivity contribution in [3.63, 3.8) is 0 Å². The highest BCUT2D eigenvalue weighted by Crippen LogP contribution is 2.20. The number of carbonyl (C=O) groups excluding carboxylic acids is 1. The van der Waals surface area contributed by atoms with Crippen LogP contribution in [0, 0.1) is 0 Å². The number of primary amides is 1. The number of anilines is 1. The Kier molecular flexibility index (Phi) is 3.25. The number of nitrogens with two attached hydrogens (primary N) is 1. The molecule has 0 atom stereocenters. The fourth-order valence-corrected chi connectivity index (χ4v) is 1.51. The van der Waals surface area contributed by atoms with Crippen LogP contribution in [0.3, 0.4) is 0 Å². The summed E-state index contributed by atoms with van der Waals surface area (Å²) in [5.74, 6) is 0. The molecule has 0 aliphatic heterocycles. The number of urea groups is 1. The molecule has 4 N–H and O–H groups in total. The van der Waals surface area contributed by atoms with E-state index in [0.29, 0.717) is 0 Å². The Balaban J connectivity index is 2.11. The number of amides is 2. The fourth-order valence-electron chi connectivity index (χ4n) is 1.51. The van der Waals surface area contributed by atoms with E-state index in [0.717, 1.165) is 16.8 Å². The second-order valence-corrected chi connectivity index (χ2v) is 3.56. The van der Waals surface area contributed by atoms with Gasteiger partial charge in [0, 0.05) is 0 Å². The van der Waals surface area contributed by atoms with Crippen molar-refractivity contribution >= 4 is 11.7 Å². The fraction of sp³-hybridized carbons (Fsp3) is 0. The van der Waals surface area contributed by atoms with Gasteiger partial charge in [-0.25, -0.2) is 4.79 Å². The van der Waals surface area contributed by atoms with Gasteiger partial charge in [0.25, 0.3) is 0 Å². The lowest BCUT2D eigenvalue weighted by Crippen LogP contribution is -2.34. The first-order valence-corrected chi connectivity index (χ1v) is 5.22. The summed E-state index contributed by atoms with van der Waals surface area (Å²) in [4.78, 5) is 10.5. The Morgan fingerprint density at radius 3 is 2.06 bits per heavy atom. The lowest BCUT2D eigenvalue weighted by Gasteiger charge is -2.07. The molecule has 0 saturated heterocycles. The van der Waals surface area contributed by atoms with E-state index >= 15 is 0 Å². The van der Waals surface area contributed by atoms with Crippen LogP contribution in [0.2, 0.25) is 0 Å². The first-order chi connectivity index (χ1) is 8.25. The average Bonchev–Trinajstić information content (AvgIpc) is 2.38. The molecule has 2 aromatic rings. The number of nitrogens with one attached hydrogen (secondary N) is 2. The van der Waals surface area contributed by atoms with Gasteiger partial charge in [0.2, 0.25) is 0 Å². The van der Waals surface area contributed by atoms with Crippen LogP contribution in [0.15, 0.2) is 54.6 Å². The van der Waals surface area contributed by atoms with Gasteiger partial charge in [0.1, 0.15) is 0 Å². The highest BCUT2D eigenvalue weighted by atomic mass is 16.2. The molecule has 0 unspecified atom stereocenters. The Hall–Kier alpha value is -2.49. The van der Waals surface area contributed by atoms with Crippen LogP contribution in [0.5, 0.6) is 0 Å². The molecular formula is C13H13N3O. The van der Waals surface area contributed by atoms with E-state index in [1.807, 2.05) is 54.6 Å². The van der Waals surface area contributed by atoms with Crippen LogP contribution in [0.4, 0.5) is 10.5 Å². The highest BCUT2D eigenvalue weighted by molar-refractivity contribution is 5.73. The van der Waals surface area contributed by atoms with Crippen LogP contribution in [-0.4, -0.2) is 6.03 Å². The first kappa shape index (κ1) is 11.0. The smallest absolute Gasteiger partial charge is 0.330 e. The van der Waals surface area contributed by atoms with Crippen molar-refractivity contribution in [2.24, 2.45) is 5.73 Å². The molecule has 0 saturated carbocycles. The van der Waals surface area contributed by atoms with Crippen LogP contribution < -0.4 is 16.6 Å². The van der Waals surface area contributed by atoms with E-state index in [9.17, 15) is 4.79 Å². The molecule has 4 heteroatoms. The van der Waals surface area contributed by atoms with E-state index in [2.05, 4.69) is 10.9 Å². The quantitative estimate of drug-likeness (QED) is 0.704. The summed E-state index contributed by atoms with van der Waals surface area (Å²) in [6.07, 6.45) is 0. The third-order valence-electron chi connectivity index (χ3n) is 2.32. The number of hydrogen-bond acceptors (Lipinski definition) is 2. The number of hydrazine groups is 1. The Morgan fingerprint density at radius 2 is 1.47 bits per heavy atom. The van der Waals surface area contributed by atoms with Crippen LogP contribution in [0.1, 0.15) is 0 Å². The van der Waals surface area contributed by atoms with Gasteiger partial charge >= 0.3 is 6.03 Å². The van der Waals surface area contributed by atoms with Gasteiger partial charge in [-0.2, -0.15) is 0 Å². The molecule has 0 heterocycles. The van der Waals surface area contributed by atoms with Crippen molar-refractivity contribution in [3.05, 3.63) is 54.6 Å². The third-order valence-corrected chi connectivity index (χ3v) is 2.32. The van der Waals surface area contributed by atoms with Crippen molar-refractivity contribution in [3.8, 4) is 11.1 Å². The molecule has 0 spiro atoms. The Bertz CT molecular complexity index is 494. The maximum atomic E-state index is 10.5. The normalized spacial score (nSPS) is 9.65. The molecule has 17 heavy (non-hydrogen) atoms. The summed E-state index contributed by atoms with van der Waals surface area (Å²) in [6, 6.07) is 17.1. The molecule has 0 aliphatic carbocycles. The minimum Gasteiger partial charge on any atom is -0.350 e. The van der Waals surface area contributed by atoms with Crippen molar-refractivity contribution < 1.29 is 4.79 Å². The van der Waals surface area contributed by atoms with Crippen molar-refractivity contribution in [1.82, 2.24) is 5.43 Å². The molecule has 2 amide bonds. The number of carbonyl (C=O) groups is 1. The predicted octanol–water partition coefficient (Wildman–Crippen LogP) is 2.35. The van der Waals surface area contributed by atoms with Gasteiger partial charge < -0.3 is 5.73 Å². The van der Waals surface area contributed by atoms with Gasteiger partial charge in [0.15, 0.2) is 0 Å². The van der Waals surface area contributed by atoms with Crippen molar-refractivity contribution in [1.29, 1.82) is 0 Å². The molecule has 0 radical (unpaired) electrons. The molecule has 4 nitrogen and oxygen atoms in total. The monoisotopic (exact) mass is 227 g/mol. The molecule has 0 fully saturated rings. The second-order valence-electron chi connectivity index (χ2n) is 3.56. The number of rotatable bonds is 3. The summed E-state index contributed by atoms with van der Waals surface area (Å²) < 4.78 is 0. The lowest BCUT2D eigenvalue weighted by atomic mass is 10.1. The van der Waals surface area contributed by atoms with E-state index in [-0.39, 0.29) is 0 Å². The molecule has 86 valence electrons. The Labute approximate surface area is 99.4 Å². The van der Waals surface area contributed by atoms with Crippen molar-refractivity contribution in [2.75, 3.05) is 5.43 Å². The van der Waals surface area contributed by atoms with Crippen molar-refractivity contribution in [2.45, 2.75) is 0 Å². The summed E-state index contributed by atoms with van der Waals surface area (Å²) in [5, 5.41) is 0. The van der Waals surface area contributed by atoms with Gasteiger partial charge in [-0.3, -0.25) is 10.9 Å². The van der Waals surface area contributed by atoms with Gasteiger partial charge in [-0.1, -0.05) is 42.5 Å². The zero-order valence-corrected chi connectivity index (χ0v) is 9.18. The van der Waals surface area contributed by atoms with E-state index in [1.54, 1.807) is 0 Å². The Morgan fingerprint density at radius 1 is 0.882 bits per heavy atom.